The van der Waals surface area contributed by atoms with Gasteiger partial charge in [-0.25, -0.2) is 13.6 Å². The van der Waals surface area contributed by atoms with Gasteiger partial charge in [0, 0.05) is 13.1 Å². The minimum Gasteiger partial charge on any atom is -0.397 e. The van der Waals surface area contributed by atoms with Crippen molar-refractivity contribution in [2.45, 2.75) is 18.2 Å². The Morgan fingerprint density at radius 2 is 2.12 bits per heavy atom. The van der Waals surface area contributed by atoms with Gasteiger partial charge in [0.25, 0.3) is 0 Å². The highest BCUT2D eigenvalue weighted by atomic mass is 32.2. The smallest absolute Gasteiger partial charge is 0.238 e. The summed E-state index contributed by atoms with van der Waals surface area (Å²) in [6.45, 7) is 3.97. The molecule has 0 spiro atoms. The van der Waals surface area contributed by atoms with Gasteiger partial charge in [0.2, 0.25) is 10.0 Å². The zero-order valence-electron chi connectivity index (χ0n) is 9.76. The number of sulfonamides is 1. The molecule has 6 heteroatoms. The summed E-state index contributed by atoms with van der Waals surface area (Å²) in [5.41, 5.74) is 7.23. The van der Waals surface area contributed by atoms with E-state index in [0.717, 1.165) is 25.2 Å². The number of primary sulfonamides is 1. The first-order chi connectivity index (χ1) is 7.88. The molecule has 1 aromatic rings. The van der Waals surface area contributed by atoms with Gasteiger partial charge in [-0.15, -0.1) is 0 Å². The molecular weight excluding hydrogens is 238 g/mol. The molecule has 1 unspecified atom stereocenters. The normalized spacial score (nSPS) is 20.8. The Morgan fingerprint density at radius 1 is 1.41 bits per heavy atom. The number of nitrogen functional groups attached to an aromatic ring is 1. The lowest BCUT2D eigenvalue weighted by molar-refractivity contribution is 0.598. The van der Waals surface area contributed by atoms with Crippen LogP contribution in [0.2, 0.25) is 0 Å². The van der Waals surface area contributed by atoms with Crippen molar-refractivity contribution in [1.29, 1.82) is 0 Å². The Hall–Kier alpha value is -1.27. The topological polar surface area (TPSA) is 89.4 Å². The lowest BCUT2D eigenvalue weighted by Gasteiger charge is -2.20. The maximum absolute atomic E-state index is 11.3. The maximum atomic E-state index is 11.3. The molecule has 94 valence electrons. The van der Waals surface area contributed by atoms with Crippen molar-refractivity contribution in [2.24, 2.45) is 11.1 Å². The van der Waals surface area contributed by atoms with Crippen LogP contribution in [0.1, 0.15) is 13.3 Å². The summed E-state index contributed by atoms with van der Waals surface area (Å²) in [6.07, 6.45) is 1.10. The Morgan fingerprint density at radius 3 is 2.65 bits per heavy atom. The second-order valence-electron chi connectivity index (χ2n) is 4.61. The summed E-state index contributed by atoms with van der Waals surface area (Å²) in [7, 11) is -3.67. The summed E-state index contributed by atoms with van der Waals surface area (Å²) in [6, 6.07) is 4.59. The number of hydrogen-bond acceptors (Lipinski definition) is 4. The van der Waals surface area contributed by atoms with Crippen molar-refractivity contribution in [3.05, 3.63) is 18.2 Å². The molecule has 1 aliphatic heterocycles. The molecule has 1 saturated heterocycles. The third-order valence-electron chi connectivity index (χ3n) is 3.09. The molecule has 1 atom stereocenters. The summed E-state index contributed by atoms with van der Waals surface area (Å²) in [4.78, 5) is 2.22. The van der Waals surface area contributed by atoms with Crippen LogP contribution in [0.3, 0.4) is 0 Å². The monoisotopic (exact) mass is 255 g/mol. The van der Waals surface area contributed by atoms with Gasteiger partial charge in [0.1, 0.15) is 0 Å². The van der Waals surface area contributed by atoms with Crippen LogP contribution < -0.4 is 15.8 Å². The molecule has 0 aromatic heterocycles. The molecule has 0 radical (unpaired) electrons. The van der Waals surface area contributed by atoms with Crippen LogP contribution in [0.5, 0.6) is 0 Å². The van der Waals surface area contributed by atoms with Gasteiger partial charge in [-0.1, -0.05) is 6.92 Å². The van der Waals surface area contributed by atoms with E-state index in [0.29, 0.717) is 11.6 Å². The average molecular weight is 255 g/mol. The van der Waals surface area contributed by atoms with Crippen LogP contribution in [-0.2, 0) is 10.0 Å². The highest BCUT2D eigenvalue weighted by Crippen LogP contribution is 2.30. The maximum Gasteiger partial charge on any atom is 0.238 e. The van der Waals surface area contributed by atoms with Gasteiger partial charge < -0.3 is 10.6 Å². The molecular formula is C11H17N3O2S. The van der Waals surface area contributed by atoms with Crippen molar-refractivity contribution in [3.8, 4) is 0 Å². The van der Waals surface area contributed by atoms with Crippen molar-refractivity contribution in [1.82, 2.24) is 0 Å². The van der Waals surface area contributed by atoms with Crippen molar-refractivity contribution >= 4 is 21.4 Å². The zero-order chi connectivity index (χ0) is 12.6. The van der Waals surface area contributed by atoms with E-state index in [1.807, 2.05) is 0 Å². The number of nitrogens with two attached hydrogens (primary N) is 2. The van der Waals surface area contributed by atoms with Crippen LogP contribution in [-0.4, -0.2) is 21.5 Å². The Labute approximate surface area is 101 Å². The standard InChI is InChI=1S/C11H17N3O2S/c1-8-4-5-14(7-8)11-6-9(17(13,15)16)2-3-10(11)12/h2-3,6,8H,4-5,7,12H2,1H3,(H2,13,15,16). The van der Waals surface area contributed by atoms with Gasteiger partial charge in [-0.2, -0.15) is 0 Å². The SMILES string of the molecule is CC1CCN(c2cc(S(N)(=O)=O)ccc2N)C1. The lowest BCUT2D eigenvalue weighted by Crippen LogP contribution is -2.21. The van der Waals surface area contributed by atoms with Crippen molar-refractivity contribution in [3.63, 3.8) is 0 Å². The quantitative estimate of drug-likeness (QED) is 0.764. The molecule has 1 fully saturated rings. The summed E-state index contributed by atoms with van der Waals surface area (Å²) >= 11 is 0. The molecule has 2 rings (SSSR count). The Kier molecular flexibility index (Phi) is 3.01. The van der Waals surface area contributed by atoms with Crippen molar-refractivity contribution in [2.75, 3.05) is 23.7 Å². The van der Waals surface area contributed by atoms with E-state index < -0.39 is 10.0 Å². The number of benzene rings is 1. The second kappa shape index (κ2) is 4.19. The van der Waals surface area contributed by atoms with Crippen LogP contribution >= 0.6 is 0 Å². The van der Waals surface area contributed by atoms with Gasteiger partial charge in [-0.05, 0) is 30.5 Å². The van der Waals surface area contributed by atoms with Crippen LogP contribution in [0.4, 0.5) is 11.4 Å². The van der Waals surface area contributed by atoms with E-state index in [9.17, 15) is 8.42 Å². The predicted molar refractivity (Wildman–Crippen MR) is 68.2 cm³/mol. The first kappa shape index (κ1) is 12.2. The van der Waals surface area contributed by atoms with Gasteiger partial charge >= 0.3 is 0 Å². The summed E-state index contributed by atoms with van der Waals surface area (Å²) < 4.78 is 22.6. The van der Waals surface area contributed by atoms with E-state index in [1.54, 1.807) is 12.1 Å². The Balaban J connectivity index is 2.40. The fourth-order valence-electron chi connectivity index (χ4n) is 2.13. The van der Waals surface area contributed by atoms with Gasteiger partial charge in [0.05, 0.1) is 16.3 Å². The minimum atomic E-state index is -3.67. The summed E-state index contributed by atoms with van der Waals surface area (Å²) in [5, 5.41) is 5.11. The molecule has 0 saturated carbocycles. The lowest BCUT2D eigenvalue weighted by atomic mass is 10.2. The number of anilines is 2. The van der Waals surface area contributed by atoms with E-state index in [4.69, 9.17) is 10.9 Å². The molecule has 4 N–H and O–H groups in total. The first-order valence-electron chi connectivity index (χ1n) is 5.55. The molecule has 17 heavy (non-hydrogen) atoms. The minimum absolute atomic E-state index is 0.112. The third-order valence-corrected chi connectivity index (χ3v) is 4.01. The van der Waals surface area contributed by atoms with E-state index >= 15 is 0 Å². The largest absolute Gasteiger partial charge is 0.397 e. The van der Waals surface area contributed by atoms with E-state index in [1.165, 1.54) is 6.07 Å². The molecule has 1 aromatic carbocycles. The first-order valence-corrected chi connectivity index (χ1v) is 7.10. The average Bonchev–Trinajstić information content (AvgIpc) is 2.63. The second-order valence-corrected chi connectivity index (χ2v) is 6.17. The van der Waals surface area contributed by atoms with Gasteiger partial charge in [0.15, 0.2) is 0 Å². The summed E-state index contributed by atoms with van der Waals surface area (Å²) in [5.74, 6) is 0.604. The fourth-order valence-corrected chi connectivity index (χ4v) is 2.66. The molecule has 1 heterocycles. The van der Waals surface area contributed by atoms with Crippen LogP contribution in [0, 0.1) is 5.92 Å². The predicted octanol–water partition coefficient (Wildman–Crippen LogP) is 0.762. The Bertz CT molecular complexity index is 528. The number of nitrogens with zero attached hydrogens (tertiary/aromatic N) is 1. The van der Waals surface area contributed by atoms with Crippen LogP contribution in [0.15, 0.2) is 23.1 Å². The third kappa shape index (κ3) is 2.53. The molecule has 1 aliphatic rings. The fraction of sp³-hybridized carbons (Fsp3) is 0.455. The molecule has 0 amide bonds. The molecule has 0 aliphatic carbocycles. The van der Waals surface area contributed by atoms with Gasteiger partial charge in [-0.3, -0.25) is 0 Å². The van der Waals surface area contributed by atoms with Crippen molar-refractivity contribution < 1.29 is 8.42 Å². The zero-order valence-corrected chi connectivity index (χ0v) is 10.6. The molecule has 5 nitrogen and oxygen atoms in total. The highest BCUT2D eigenvalue weighted by Gasteiger charge is 2.21. The highest BCUT2D eigenvalue weighted by molar-refractivity contribution is 7.89. The molecule has 0 bridgehead atoms. The van der Waals surface area contributed by atoms with Crippen LogP contribution in [0.25, 0.3) is 0 Å². The number of rotatable bonds is 2. The van der Waals surface area contributed by atoms with E-state index in [2.05, 4.69) is 11.8 Å². The van der Waals surface area contributed by atoms with E-state index in [-0.39, 0.29) is 4.90 Å². The number of hydrogen-bond donors (Lipinski definition) is 2.